The van der Waals surface area contributed by atoms with E-state index in [1.54, 1.807) is 0 Å². The Morgan fingerprint density at radius 1 is 1.48 bits per heavy atom. The lowest BCUT2D eigenvalue weighted by atomic mass is 10.1. The van der Waals surface area contributed by atoms with Gasteiger partial charge in [0.25, 0.3) is 0 Å². The highest BCUT2D eigenvalue weighted by Gasteiger charge is 2.31. The molecule has 1 saturated heterocycles. The van der Waals surface area contributed by atoms with Gasteiger partial charge in [0.1, 0.15) is 6.09 Å². The molecule has 23 heavy (non-hydrogen) atoms. The van der Waals surface area contributed by atoms with Gasteiger partial charge in [-0.15, -0.1) is 0 Å². The van der Waals surface area contributed by atoms with E-state index in [1.165, 1.54) is 0 Å². The maximum atomic E-state index is 12.7. The summed E-state index contributed by atoms with van der Waals surface area (Å²) in [5.41, 5.74) is -0.666. The Kier molecular flexibility index (Phi) is 5.57. The molecule has 1 heterocycles. The smallest absolute Gasteiger partial charge is 0.416 e. The highest BCUT2D eigenvalue weighted by Crippen LogP contribution is 2.35. The van der Waals surface area contributed by atoms with Gasteiger partial charge in [0.05, 0.1) is 11.3 Å². The molecule has 1 aliphatic heterocycles. The number of benzene rings is 1. The molecule has 1 amide bonds. The first-order valence-corrected chi connectivity index (χ1v) is 8.05. The monoisotopic (exact) mass is 393 g/mol. The van der Waals surface area contributed by atoms with Crippen molar-refractivity contribution in [2.75, 3.05) is 25.0 Å². The Balaban J connectivity index is 2.16. The van der Waals surface area contributed by atoms with Crippen LogP contribution in [0, 0.1) is 0 Å². The minimum atomic E-state index is -4.47. The van der Waals surface area contributed by atoms with Crippen molar-refractivity contribution in [3.8, 4) is 0 Å². The molecule has 0 bridgehead atoms. The number of carboxylic acid groups (broad SMARTS) is 1. The highest BCUT2D eigenvalue weighted by molar-refractivity contribution is 9.10. The topological polar surface area (TPSA) is 46.6 Å². The maximum absolute atomic E-state index is 12.7. The molecule has 0 aromatic heterocycles. The molecule has 0 N–H and O–H groups in total. The van der Waals surface area contributed by atoms with E-state index in [1.807, 2.05) is 7.05 Å². The first-order valence-electron chi connectivity index (χ1n) is 7.25. The second kappa shape index (κ2) is 7.09. The summed E-state index contributed by atoms with van der Waals surface area (Å²) in [6.45, 7) is 1.15. The fraction of sp³-hybridized carbons (Fsp3) is 0.533. The number of hydrogen-bond donors (Lipinski definition) is 0. The van der Waals surface area contributed by atoms with Crippen molar-refractivity contribution in [3.63, 3.8) is 0 Å². The van der Waals surface area contributed by atoms with E-state index in [0.29, 0.717) is 6.42 Å². The molecule has 0 radical (unpaired) electrons. The molecule has 0 saturated carbocycles. The van der Waals surface area contributed by atoms with Gasteiger partial charge in [-0.05, 0) is 67.0 Å². The zero-order chi connectivity index (χ0) is 17.2. The van der Waals surface area contributed by atoms with E-state index in [9.17, 15) is 23.1 Å². The third-order valence-electron chi connectivity index (χ3n) is 4.14. The van der Waals surface area contributed by atoms with Crippen LogP contribution in [0.15, 0.2) is 22.7 Å². The van der Waals surface area contributed by atoms with Crippen LogP contribution in [0.2, 0.25) is 0 Å². The largest absolute Gasteiger partial charge is 0.530 e. The molecule has 1 fully saturated rings. The van der Waals surface area contributed by atoms with Crippen LogP contribution in [0.3, 0.4) is 0 Å². The van der Waals surface area contributed by atoms with Gasteiger partial charge < -0.3 is 19.7 Å². The second-order valence-electron chi connectivity index (χ2n) is 5.65. The Labute approximate surface area is 141 Å². The molecule has 1 aromatic carbocycles. The first-order chi connectivity index (χ1) is 10.7. The Bertz CT molecular complexity index is 580. The molecule has 0 aliphatic carbocycles. The van der Waals surface area contributed by atoms with Crippen molar-refractivity contribution in [2.24, 2.45) is 0 Å². The number of hydrogen-bond acceptors (Lipinski definition) is 3. The summed E-state index contributed by atoms with van der Waals surface area (Å²) in [5.74, 6) is 0. The van der Waals surface area contributed by atoms with Crippen molar-refractivity contribution in [1.29, 1.82) is 0 Å². The summed E-state index contributed by atoms with van der Waals surface area (Å²) in [6, 6.07) is 3.19. The molecule has 1 aliphatic rings. The van der Waals surface area contributed by atoms with Gasteiger partial charge >= 0.3 is 6.18 Å². The molecule has 1 atom stereocenters. The molecule has 0 spiro atoms. The SMILES string of the molecule is CN1CCCC1CCN(C(=O)[O-])c1ccc(C(F)(F)F)cc1Br. The average Bonchev–Trinajstić information content (AvgIpc) is 2.84. The molecule has 128 valence electrons. The van der Waals surface area contributed by atoms with Crippen LogP contribution in [0.1, 0.15) is 24.8 Å². The van der Waals surface area contributed by atoms with Crippen LogP contribution in [-0.2, 0) is 6.18 Å². The van der Waals surface area contributed by atoms with Crippen molar-refractivity contribution < 1.29 is 23.1 Å². The quantitative estimate of drug-likeness (QED) is 0.789. The van der Waals surface area contributed by atoms with Gasteiger partial charge in [-0.2, -0.15) is 13.2 Å². The molecule has 1 unspecified atom stereocenters. The summed E-state index contributed by atoms with van der Waals surface area (Å²) < 4.78 is 38.1. The number of nitrogens with zero attached hydrogens (tertiary/aromatic N) is 2. The predicted octanol–water partition coefficient (Wildman–Crippen LogP) is 3.10. The van der Waals surface area contributed by atoms with Gasteiger partial charge in [-0.3, -0.25) is 0 Å². The van der Waals surface area contributed by atoms with Crippen LogP contribution in [0.25, 0.3) is 0 Å². The number of amides is 1. The number of likely N-dealkylation sites (tertiary alicyclic amines) is 1. The van der Waals surface area contributed by atoms with Crippen LogP contribution in [0.4, 0.5) is 23.7 Å². The van der Waals surface area contributed by atoms with E-state index < -0.39 is 17.8 Å². The van der Waals surface area contributed by atoms with E-state index in [4.69, 9.17) is 0 Å². The molecule has 2 rings (SSSR count). The van der Waals surface area contributed by atoms with Crippen LogP contribution >= 0.6 is 15.9 Å². The Hall–Kier alpha value is -1.28. The summed E-state index contributed by atoms with van der Waals surface area (Å²) in [6.07, 6.45) is -3.23. The van der Waals surface area contributed by atoms with E-state index in [2.05, 4.69) is 20.8 Å². The fourth-order valence-electron chi connectivity index (χ4n) is 2.83. The van der Waals surface area contributed by atoms with Gasteiger partial charge in [-0.1, -0.05) is 0 Å². The zero-order valence-electron chi connectivity index (χ0n) is 12.6. The van der Waals surface area contributed by atoms with Gasteiger partial charge in [0, 0.05) is 17.1 Å². The number of anilines is 1. The second-order valence-corrected chi connectivity index (χ2v) is 6.50. The Morgan fingerprint density at radius 3 is 2.65 bits per heavy atom. The Morgan fingerprint density at radius 2 is 2.17 bits per heavy atom. The van der Waals surface area contributed by atoms with Crippen LogP contribution in [-0.4, -0.2) is 37.2 Å². The fourth-order valence-corrected chi connectivity index (χ4v) is 3.43. The predicted molar refractivity (Wildman–Crippen MR) is 82.2 cm³/mol. The molecular formula is C15H17BrF3N2O2-. The lowest BCUT2D eigenvalue weighted by Crippen LogP contribution is -2.43. The number of alkyl halides is 3. The van der Waals surface area contributed by atoms with Crippen molar-refractivity contribution >= 4 is 27.7 Å². The lowest BCUT2D eigenvalue weighted by Gasteiger charge is -2.29. The number of carbonyl (C=O) groups excluding carboxylic acids is 1. The summed E-state index contributed by atoms with van der Waals surface area (Å²) >= 11 is 3.03. The first kappa shape index (κ1) is 18.1. The minimum absolute atomic E-state index is 0.0799. The average molecular weight is 394 g/mol. The van der Waals surface area contributed by atoms with Crippen molar-refractivity contribution in [1.82, 2.24) is 4.90 Å². The van der Waals surface area contributed by atoms with E-state index in [0.717, 1.165) is 42.5 Å². The maximum Gasteiger partial charge on any atom is 0.416 e. The minimum Gasteiger partial charge on any atom is -0.530 e. The van der Waals surface area contributed by atoms with Crippen molar-refractivity contribution in [3.05, 3.63) is 28.2 Å². The van der Waals surface area contributed by atoms with Gasteiger partial charge in [-0.25, -0.2) is 0 Å². The van der Waals surface area contributed by atoms with Gasteiger partial charge in [0.2, 0.25) is 0 Å². The molecule has 8 heteroatoms. The number of rotatable bonds is 4. The third-order valence-corrected chi connectivity index (χ3v) is 4.78. The molecule has 4 nitrogen and oxygen atoms in total. The van der Waals surface area contributed by atoms with E-state index in [-0.39, 0.29) is 22.7 Å². The van der Waals surface area contributed by atoms with E-state index >= 15 is 0 Å². The highest BCUT2D eigenvalue weighted by atomic mass is 79.9. The summed E-state index contributed by atoms with van der Waals surface area (Å²) in [7, 11) is 1.98. The van der Waals surface area contributed by atoms with Crippen LogP contribution < -0.4 is 10.0 Å². The number of halogens is 4. The third kappa shape index (κ3) is 4.38. The summed E-state index contributed by atoms with van der Waals surface area (Å²) in [5, 5.41) is 11.4. The summed E-state index contributed by atoms with van der Waals surface area (Å²) in [4.78, 5) is 14.5. The number of carbonyl (C=O) groups is 1. The normalized spacial score (nSPS) is 19.1. The standard InChI is InChI=1S/C15H18BrF3N2O2/c1-20-7-2-3-11(20)6-8-21(14(22)23)13-5-4-10(9-12(13)16)15(17,18)19/h4-5,9,11H,2-3,6-8H2,1H3,(H,22,23)/p-1. The lowest BCUT2D eigenvalue weighted by molar-refractivity contribution is -0.246. The van der Waals surface area contributed by atoms with Crippen LogP contribution in [0.5, 0.6) is 0 Å². The zero-order valence-corrected chi connectivity index (χ0v) is 14.2. The van der Waals surface area contributed by atoms with Gasteiger partial charge in [0.15, 0.2) is 0 Å². The molecule has 1 aromatic rings. The van der Waals surface area contributed by atoms with Crippen molar-refractivity contribution in [2.45, 2.75) is 31.5 Å². The molecular weight excluding hydrogens is 377 g/mol.